The van der Waals surface area contributed by atoms with Crippen LogP contribution in [0.2, 0.25) is 0 Å². The van der Waals surface area contributed by atoms with Gasteiger partial charge in [0.15, 0.2) is 9.84 Å². The second-order valence-electron chi connectivity index (χ2n) is 6.51. The fourth-order valence-corrected chi connectivity index (χ4v) is 2.89. The van der Waals surface area contributed by atoms with Crippen LogP contribution in [0.3, 0.4) is 0 Å². The molecule has 0 amide bonds. The molecule has 0 spiro atoms. The molecule has 4 nitrogen and oxygen atoms in total. The van der Waals surface area contributed by atoms with E-state index in [-0.39, 0.29) is 11.3 Å². The molecule has 0 saturated carbocycles. The van der Waals surface area contributed by atoms with Gasteiger partial charge in [-0.25, -0.2) is 12.8 Å². The number of benzene rings is 1. The van der Waals surface area contributed by atoms with E-state index in [1.165, 1.54) is 12.1 Å². The first-order chi connectivity index (χ1) is 9.41. The van der Waals surface area contributed by atoms with Crippen LogP contribution in [0.1, 0.15) is 33.3 Å². The molecule has 1 aliphatic heterocycles. The third-order valence-electron chi connectivity index (χ3n) is 4.02. The number of hydrogen-bond acceptors (Lipinski definition) is 4. The fourth-order valence-electron chi connectivity index (χ4n) is 2.09. The van der Waals surface area contributed by atoms with Crippen molar-refractivity contribution in [1.82, 2.24) is 0 Å². The van der Waals surface area contributed by atoms with Gasteiger partial charge >= 0.3 is 7.12 Å². The van der Waals surface area contributed by atoms with Crippen LogP contribution >= 0.6 is 0 Å². The van der Waals surface area contributed by atoms with Gasteiger partial charge in [0.2, 0.25) is 0 Å². The van der Waals surface area contributed by atoms with Crippen molar-refractivity contribution in [2.45, 2.75) is 44.6 Å². The van der Waals surface area contributed by atoms with Gasteiger partial charge in [-0.15, -0.1) is 0 Å². The van der Waals surface area contributed by atoms with Gasteiger partial charge in [-0.3, -0.25) is 0 Å². The van der Waals surface area contributed by atoms with Crippen LogP contribution in [0.25, 0.3) is 0 Å². The number of hydrogen-bond donors (Lipinski definition) is 0. The SMILES string of the molecule is CC1(C)OB(c2ccc(CS(C)(=O)=O)c(F)c2)OC1(C)C. The van der Waals surface area contributed by atoms with Crippen molar-refractivity contribution in [2.24, 2.45) is 0 Å². The maximum absolute atomic E-state index is 14.0. The predicted octanol–water partition coefficient (Wildman–Crippen LogP) is 1.67. The maximum atomic E-state index is 14.0. The van der Waals surface area contributed by atoms with E-state index < -0.39 is 34.0 Å². The summed E-state index contributed by atoms with van der Waals surface area (Å²) < 4.78 is 48.2. The largest absolute Gasteiger partial charge is 0.494 e. The highest BCUT2D eigenvalue weighted by Gasteiger charge is 2.51. The molecule has 0 bridgehead atoms. The summed E-state index contributed by atoms with van der Waals surface area (Å²) in [7, 11) is -3.93. The van der Waals surface area contributed by atoms with E-state index in [1.807, 2.05) is 27.7 Å². The van der Waals surface area contributed by atoms with Crippen molar-refractivity contribution in [3.05, 3.63) is 29.6 Å². The van der Waals surface area contributed by atoms with Gasteiger partial charge < -0.3 is 9.31 Å². The molecule has 0 atom stereocenters. The Hall–Kier alpha value is -0.915. The summed E-state index contributed by atoms with van der Waals surface area (Å²) in [6, 6.07) is 4.39. The van der Waals surface area contributed by atoms with E-state index in [0.29, 0.717) is 5.46 Å². The summed E-state index contributed by atoms with van der Waals surface area (Å²) in [5.74, 6) is -0.879. The van der Waals surface area contributed by atoms with Gasteiger partial charge in [0.05, 0.1) is 17.0 Å². The number of rotatable bonds is 3. The Bertz CT molecular complexity index is 639. The monoisotopic (exact) mass is 314 g/mol. The molecule has 2 rings (SSSR count). The molecule has 0 N–H and O–H groups in total. The zero-order chi connectivity index (χ0) is 16.1. The Kier molecular flexibility index (Phi) is 3.97. The molecule has 1 fully saturated rings. The van der Waals surface area contributed by atoms with E-state index in [0.717, 1.165) is 6.26 Å². The topological polar surface area (TPSA) is 52.6 Å². The lowest BCUT2D eigenvalue weighted by Crippen LogP contribution is -2.41. The minimum absolute atomic E-state index is 0.151. The average molecular weight is 314 g/mol. The molecule has 1 aliphatic rings. The summed E-state index contributed by atoms with van der Waals surface area (Å²) in [6.07, 6.45) is 1.08. The molecule has 0 radical (unpaired) electrons. The van der Waals surface area contributed by atoms with Crippen LogP contribution in [-0.4, -0.2) is 33.0 Å². The first-order valence-electron chi connectivity index (χ1n) is 6.73. The number of halogens is 1. The van der Waals surface area contributed by atoms with Crippen LogP contribution in [-0.2, 0) is 24.9 Å². The first-order valence-corrected chi connectivity index (χ1v) is 8.79. The van der Waals surface area contributed by atoms with Crippen molar-refractivity contribution in [3.63, 3.8) is 0 Å². The van der Waals surface area contributed by atoms with Crippen molar-refractivity contribution in [2.75, 3.05) is 6.26 Å². The van der Waals surface area contributed by atoms with Crippen LogP contribution in [0.15, 0.2) is 18.2 Å². The minimum atomic E-state index is -3.27. The molecule has 0 aliphatic carbocycles. The minimum Gasteiger partial charge on any atom is -0.399 e. The van der Waals surface area contributed by atoms with Gasteiger partial charge in [0, 0.05) is 11.8 Å². The molecule has 21 heavy (non-hydrogen) atoms. The van der Waals surface area contributed by atoms with Gasteiger partial charge in [-0.2, -0.15) is 0 Å². The average Bonchev–Trinajstić information content (AvgIpc) is 2.49. The van der Waals surface area contributed by atoms with Crippen LogP contribution in [0, 0.1) is 5.82 Å². The Morgan fingerprint density at radius 1 is 1.14 bits per heavy atom. The molecule has 1 saturated heterocycles. The summed E-state index contributed by atoms with van der Waals surface area (Å²) in [5, 5.41) is 0. The molecule has 1 heterocycles. The highest BCUT2D eigenvalue weighted by atomic mass is 32.2. The quantitative estimate of drug-likeness (QED) is 0.797. The molecular formula is C14H20BFO4S. The molecule has 116 valence electrons. The first kappa shape index (κ1) is 16.5. The lowest BCUT2D eigenvalue weighted by molar-refractivity contribution is 0.00578. The summed E-state index contributed by atoms with van der Waals surface area (Å²) in [5.41, 5.74) is -0.305. The van der Waals surface area contributed by atoms with Crippen molar-refractivity contribution in [1.29, 1.82) is 0 Å². The normalized spacial score (nSPS) is 20.8. The predicted molar refractivity (Wildman–Crippen MR) is 80.7 cm³/mol. The van der Waals surface area contributed by atoms with Crippen LogP contribution < -0.4 is 5.46 Å². The van der Waals surface area contributed by atoms with E-state index in [9.17, 15) is 12.8 Å². The van der Waals surface area contributed by atoms with E-state index in [2.05, 4.69) is 0 Å². The Balaban J connectivity index is 2.26. The Labute approximate surface area is 125 Å². The Morgan fingerprint density at radius 3 is 2.10 bits per heavy atom. The maximum Gasteiger partial charge on any atom is 0.494 e. The zero-order valence-corrected chi connectivity index (χ0v) is 13.8. The van der Waals surface area contributed by atoms with Gasteiger partial charge in [-0.05, 0) is 39.2 Å². The zero-order valence-electron chi connectivity index (χ0n) is 12.9. The lowest BCUT2D eigenvalue weighted by Gasteiger charge is -2.32. The Morgan fingerprint density at radius 2 is 1.67 bits per heavy atom. The summed E-state index contributed by atoms with van der Waals surface area (Å²) >= 11 is 0. The lowest BCUT2D eigenvalue weighted by atomic mass is 9.79. The summed E-state index contributed by atoms with van der Waals surface area (Å²) in [6.45, 7) is 7.67. The van der Waals surface area contributed by atoms with E-state index in [1.54, 1.807) is 6.07 Å². The molecule has 1 aromatic rings. The smallest absolute Gasteiger partial charge is 0.399 e. The number of sulfone groups is 1. The molecule has 0 unspecified atom stereocenters. The molecular weight excluding hydrogens is 294 g/mol. The van der Waals surface area contributed by atoms with Crippen molar-refractivity contribution >= 4 is 22.4 Å². The van der Waals surface area contributed by atoms with E-state index >= 15 is 0 Å². The second kappa shape index (κ2) is 5.07. The standard InChI is InChI=1S/C14H20BFO4S/c1-13(2)14(3,4)20-15(19-13)11-7-6-10(12(16)8-11)9-21(5,17)18/h6-8H,9H2,1-5H3. The van der Waals surface area contributed by atoms with Gasteiger partial charge in [-0.1, -0.05) is 12.1 Å². The van der Waals surface area contributed by atoms with Gasteiger partial charge in [0.25, 0.3) is 0 Å². The third kappa shape index (κ3) is 3.47. The van der Waals surface area contributed by atoms with Crippen LogP contribution in [0.5, 0.6) is 0 Å². The summed E-state index contributed by atoms with van der Waals surface area (Å²) in [4.78, 5) is 0. The van der Waals surface area contributed by atoms with E-state index in [4.69, 9.17) is 9.31 Å². The van der Waals surface area contributed by atoms with Crippen molar-refractivity contribution < 1.29 is 22.1 Å². The second-order valence-corrected chi connectivity index (χ2v) is 8.65. The van der Waals surface area contributed by atoms with Crippen LogP contribution in [0.4, 0.5) is 4.39 Å². The van der Waals surface area contributed by atoms with Crippen molar-refractivity contribution in [3.8, 4) is 0 Å². The van der Waals surface area contributed by atoms with Gasteiger partial charge in [0.1, 0.15) is 5.82 Å². The molecule has 0 aromatic heterocycles. The molecule has 7 heteroatoms. The fraction of sp³-hybridized carbons (Fsp3) is 0.571. The molecule has 1 aromatic carbocycles. The highest BCUT2D eigenvalue weighted by Crippen LogP contribution is 2.36. The highest BCUT2D eigenvalue weighted by molar-refractivity contribution is 7.89. The third-order valence-corrected chi connectivity index (χ3v) is 4.86.